The van der Waals surface area contributed by atoms with E-state index in [2.05, 4.69) is 18.9 Å². The van der Waals surface area contributed by atoms with E-state index in [9.17, 15) is 0 Å². The Morgan fingerprint density at radius 2 is 2.31 bits per heavy atom. The minimum Gasteiger partial charge on any atom is -0.326 e. The van der Waals surface area contributed by atoms with Crippen molar-refractivity contribution >= 4 is 12.4 Å². The smallest absolute Gasteiger partial charge is 0.0534 e. The van der Waals surface area contributed by atoms with Crippen molar-refractivity contribution in [1.82, 2.24) is 9.78 Å². The maximum atomic E-state index is 5.47. The Morgan fingerprint density at radius 3 is 2.77 bits per heavy atom. The molecule has 0 aliphatic rings. The summed E-state index contributed by atoms with van der Waals surface area (Å²) in [5.74, 6) is 0.690. The maximum Gasteiger partial charge on any atom is 0.0534 e. The van der Waals surface area contributed by atoms with E-state index in [0.29, 0.717) is 12.5 Å². The SMILES string of the molecule is CC[C@H](C)Cn1cc(CN)cn1.Cl. The highest BCUT2D eigenvalue weighted by molar-refractivity contribution is 5.85. The molecule has 1 rings (SSSR count). The Morgan fingerprint density at radius 1 is 1.62 bits per heavy atom. The van der Waals surface area contributed by atoms with Crippen molar-refractivity contribution in [2.45, 2.75) is 33.4 Å². The average molecular weight is 204 g/mol. The van der Waals surface area contributed by atoms with Crippen molar-refractivity contribution in [3.8, 4) is 0 Å². The van der Waals surface area contributed by atoms with Gasteiger partial charge in [0, 0.05) is 24.8 Å². The Hall–Kier alpha value is -0.540. The van der Waals surface area contributed by atoms with E-state index in [1.54, 1.807) is 0 Å². The monoisotopic (exact) mass is 203 g/mol. The molecule has 0 spiro atoms. The van der Waals surface area contributed by atoms with Gasteiger partial charge in [-0.05, 0) is 5.92 Å². The third-order valence-electron chi connectivity index (χ3n) is 2.12. The van der Waals surface area contributed by atoms with E-state index in [0.717, 1.165) is 12.1 Å². The van der Waals surface area contributed by atoms with Gasteiger partial charge >= 0.3 is 0 Å². The molecule has 0 aliphatic heterocycles. The lowest BCUT2D eigenvalue weighted by Gasteiger charge is -2.07. The third kappa shape index (κ3) is 3.79. The molecule has 2 N–H and O–H groups in total. The van der Waals surface area contributed by atoms with E-state index >= 15 is 0 Å². The lowest BCUT2D eigenvalue weighted by Crippen LogP contribution is -2.06. The van der Waals surface area contributed by atoms with Gasteiger partial charge in [-0.2, -0.15) is 5.10 Å². The first-order chi connectivity index (χ1) is 5.76. The molecule has 1 aromatic heterocycles. The van der Waals surface area contributed by atoms with Crippen LogP contribution < -0.4 is 5.73 Å². The summed E-state index contributed by atoms with van der Waals surface area (Å²) in [4.78, 5) is 0. The van der Waals surface area contributed by atoms with Crippen LogP contribution in [-0.4, -0.2) is 9.78 Å². The third-order valence-corrected chi connectivity index (χ3v) is 2.12. The molecule has 0 aliphatic carbocycles. The van der Waals surface area contributed by atoms with Gasteiger partial charge in [0.2, 0.25) is 0 Å². The maximum absolute atomic E-state index is 5.47. The quantitative estimate of drug-likeness (QED) is 0.811. The largest absolute Gasteiger partial charge is 0.326 e. The van der Waals surface area contributed by atoms with Gasteiger partial charge in [0.1, 0.15) is 0 Å². The average Bonchev–Trinajstić information content (AvgIpc) is 2.52. The Kier molecular flexibility index (Phi) is 5.75. The summed E-state index contributed by atoms with van der Waals surface area (Å²) < 4.78 is 1.97. The number of aromatic nitrogens is 2. The first-order valence-corrected chi connectivity index (χ1v) is 4.47. The van der Waals surface area contributed by atoms with Crippen LogP contribution in [0.1, 0.15) is 25.8 Å². The van der Waals surface area contributed by atoms with Crippen molar-refractivity contribution in [3.63, 3.8) is 0 Å². The van der Waals surface area contributed by atoms with Crippen molar-refractivity contribution in [2.24, 2.45) is 11.7 Å². The molecule has 4 heteroatoms. The van der Waals surface area contributed by atoms with Crippen LogP contribution in [0.15, 0.2) is 12.4 Å². The molecule has 0 radical (unpaired) electrons. The number of nitrogens with zero attached hydrogens (tertiary/aromatic N) is 2. The molecule has 0 aromatic carbocycles. The van der Waals surface area contributed by atoms with Gasteiger partial charge in [-0.3, -0.25) is 4.68 Å². The lowest BCUT2D eigenvalue weighted by molar-refractivity contribution is 0.439. The molecule has 0 unspecified atom stereocenters. The summed E-state index contributed by atoms with van der Waals surface area (Å²) in [6, 6.07) is 0. The van der Waals surface area contributed by atoms with Gasteiger partial charge in [0.25, 0.3) is 0 Å². The van der Waals surface area contributed by atoms with Crippen LogP contribution in [0.3, 0.4) is 0 Å². The lowest BCUT2D eigenvalue weighted by atomic mass is 10.1. The van der Waals surface area contributed by atoms with E-state index in [1.807, 2.05) is 17.1 Å². The van der Waals surface area contributed by atoms with E-state index < -0.39 is 0 Å². The van der Waals surface area contributed by atoms with Gasteiger partial charge in [0.05, 0.1) is 6.20 Å². The number of hydrogen-bond donors (Lipinski definition) is 1. The second-order valence-corrected chi connectivity index (χ2v) is 3.29. The van der Waals surface area contributed by atoms with E-state index in [1.165, 1.54) is 6.42 Å². The first-order valence-electron chi connectivity index (χ1n) is 4.47. The molecule has 1 aromatic rings. The summed E-state index contributed by atoms with van der Waals surface area (Å²) in [7, 11) is 0. The van der Waals surface area contributed by atoms with Crippen molar-refractivity contribution in [1.29, 1.82) is 0 Å². The summed E-state index contributed by atoms with van der Waals surface area (Å²) >= 11 is 0. The minimum absolute atomic E-state index is 0. The molecule has 0 saturated heterocycles. The van der Waals surface area contributed by atoms with Crippen molar-refractivity contribution in [2.75, 3.05) is 0 Å². The molecule has 1 atom stereocenters. The van der Waals surface area contributed by atoms with Crippen LogP contribution in [0, 0.1) is 5.92 Å². The zero-order valence-electron chi connectivity index (χ0n) is 8.23. The zero-order chi connectivity index (χ0) is 8.97. The Balaban J connectivity index is 0.00000144. The molecule has 0 bridgehead atoms. The summed E-state index contributed by atoms with van der Waals surface area (Å²) in [5.41, 5.74) is 6.58. The minimum atomic E-state index is 0. The fraction of sp³-hybridized carbons (Fsp3) is 0.667. The molecule has 3 nitrogen and oxygen atoms in total. The molecule has 76 valence electrons. The Bertz CT molecular complexity index is 235. The number of nitrogens with two attached hydrogens (primary N) is 1. The highest BCUT2D eigenvalue weighted by Gasteiger charge is 2.01. The van der Waals surface area contributed by atoms with Gasteiger partial charge in [-0.25, -0.2) is 0 Å². The number of halogens is 1. The second kappa shape index (κ2) is 6.00. The predicted octanol–water partition coefficient (Wildman–Crippen LogP) is 1.81. The van der Waals surface area contributed by atoms with Crippen LogP contribution in [0.5, 0.6) is 0 Å². The molecule has 0 fully saturated rings. The van der Waals surface area contributed by atoms with Crippen molar-refractivity contribution in [3.05, 3.63) is 18.0 Å². The number of rotatable bonds is 4. The van der Waals surface area contributed by atoms with E-state index in [-0.39, 0.29) is 12.4 Å². The predicted molar refractivity (Wildman–Crippen MR) is 56.8 cm³/mol. The fourth-order valence-corrected chi connectivity index (χ4v) is 1.06. The zero-order valence-corrected chi connectivity index (χ0v) is 9.05. The van der Waals surface area contributed by atoms with Crippen molar-refractivity contribution < 1.29 is 0 Å². The highest BCUT2D eigenvalue weighted by atomic mass is 35.5. The second-order valence-electron chi connectivity index (χ2n) is 3.29. The van der Waals surface area contributed by atoms with Crippen LogP contribution in [0.4, 0.5) is 0 Å². The summed E-state index contributed by atoms with van der Waals surface area (Å²) in [6.45, 7) is 6.00. The first kappa shape index (κ1) is 12.5. The van der Waals surface area contributed by atoms with Gasteiger partial charge in [-0.15, -0.1) is 12.4 Å². The molecular formula is C9H18ClN3. The topological polar surface area (TPSA) is 43.8 Å². The van der Waals surface area contributed by atoms with Gasteiger partial charge in [-0.1, -0.05) is 20.3 Å². The molecule has 0 saturated carbocycles. The van der Waals surface area contributed by atoms with Gasteiger partial charge in [0.15, 0.2) is 0 Å². The standard InChI is InChI=1S/C9H17N3.ClH/c1-3-8(2)6-12-7-9(4-10)5-11-12;/h5,7-8H,3-4,6,10H2,1-2H3;1H/t8-;/m0./s1. The summed E-state index contributed by atoms with van der Waals surface area (Å²) in [6.07, 6.45) is 5.05. The molecule has 1 heterocycles. The molecule has 13 heavy (non-hydrogen) atoms. The number of hydrogen-bond acceptors (Lipinski definition) is 2. The highest BCUT2D eigenvalue weighted by Crippen LogP contribution is 2.05. The molecule has 0 amide bonds. The van der Waals surface area contributed by atoms with E-state index in [4.69, 9.17) is 5.73 Å². The van der Waals surface area contributed by atoms with Crippen LogP contribution >= 0.6 is 12.4 Å². The van der Waals surface area contributed by atoms with Crippen LogP contribution in [0.25, 0.3) is 0 Å². The van der Waals surface area contributed by atoms with Gasteiger partial charge < -0.3 is 5.73 Å². The normalized spacial score (nSPS) is 12.2. The summed E-state index contributed by atoms with van der Waals surface area (Å²) in [5, 5.41) is 4.21. The Labute approximate surface area is 85.7 Å². The van der Waals surface area contributed by atoms with Crippen LogP contribution in [-0.2, 0) is 13.1 Å². The fourth-order valence-electron chi connectivity index (χ4n) is 1.06. The molecular weight excluding hydrogens is 186 g/mol. The van der Waals surface area contributed by atoms with Crippen LogP contribution in [0.2, 0.25) is 0 Å².